The molecule has 0 fully saturated rings. The standard InChI is InChI=1S/C22H19N5O3/c1-12-14-7-5-6-10-18(14)23-13(2)17(12)11-19(28)24-27-22(30)20-15-8-3-4-9-16(15)21(29)26-25-20/h3-10H,11H2,1-2H3,(H,24,28)(H,26,29)(H,27,30). The fourth-order valence-electron chi connectivity index (χ4n) is 3.51. The van der Waals surface area contributed by atoms with Crippen LogP contribution in [0.5, 0.6) is 0 Å². The zero-order valence-corrected chi connectivity index (χ0v) is 16.4. The number of benzene rings is 2. The maximum Gasteiger partial charge on any atom is 0.290 e. The molecule has 3 N–H and O–H groups in total. The SMILES string of the molecule is Cc1nc2ccccc2c(C)c1CC(=O)NNC(=O)c1n[nH]c(=O)c2ccccc12. The fourth-order valence-corrected chi connectivity index (χ4v) is 3.51. The summed E-state index contributed by atoms with van der Waals surface area (Å²) in [5, 5.41) is 7.85. The molecule has 0 bridgehead atoms. The average Bonchev–Trinajstić information content (AvgIpc) is 2.75. The summed E-state index contributed by atoms with van der Waals surface area (Å²) >= 11 is 0. The van der Waals surface area contributed by atoms with Gasteiger partial charge >= 0.3 is 0 Å². The predicted molar refractivity (Wildman–Crippen MR) is 113 cm³/mol. The minimum Gasteiger partial charge on any atom is -0.273 e. The molecule has 2 aromatic carbocycles. The van der Waals surface area contributed by atoms with Crippen LogP contribution in [0.15, 0.2) is 53.3 Å². The number of aromatic amines is 1. The van der Waals surface area contributed by atoms with Gasteiger partial charge in [-0.15, -0.1) is 0 Å². The third kappa shape index (κ3) is 3.50. The number of hydrogen-bond donors (Lipinski definition) is 3. The number of rotatable bonds is 3. The van der Waals surface area contributed by atoms with Gasteiger partial charge in [-0.25, -0.2) is 5.10 Å². The van der Waals surface area contributed by atoms with E-state index < -0.39 is 5.91 Å². The van der Waals surface area contributed by atoms with Gasteiger partial charge in [0, 0.05) is 16.5 Å². The van der Waals surface area contributed by atoms with Crippen LogP contribution in [-0.4, -0.2) is 27.0 Å². The lowest BCUT2D eigenvalue weighted by Crippen LogP contribution is -2.43. The van der Waals surface area contributed by atoms with Gasteiger partial charge < -0.3 is 0 Å². The molecule has 4 rings (SSSR count). The van der Waals surface area contributed by atoms with Crippen LogP contribution < -0.4 is 16.4 Å². The van der Waals surface area contributed by atoms with Crippen molar-refractivity contribution in [2.24, 2.45) is 0 Å². The summed E-state index contributed by atoms with van der Waals surface area (Å²) in [6.07, 6.45) is 0.0651. The monoisotopic (exact) mass is 401 g/mol. The first-order valence-corrected chi connectivity index (χ1v) is 9.37. The van der Waals surface area contributed by atoms with E-state index in [0.29, 0.717) is 10.8 Å². The van der Waals surface area contributed by atoms with Crippen LogP contribution in [0.1, 0.15) is 27.3 Å². The summed E-state index contributed by atoms with van der Waals surface area (Å²) in [5.74, 6) is -1.01. The molecule has 0 atom stereocenters. The number of carbonyl (C=O) groups excluding carboxylic acids is 2. The lowest BCUT2D eigenvalue weighted by molar-refractivity contribution is -0.121. The van der Waals surface area contributed by atoms with Crippen molar-refractivity contribution < 1.29 is 9.59 Å². The minimum absolute atomic E-state index is 0.0187. The van der Waals surface area contributed by atoms with Crippen molar-refractivity contribution in [2.75, 3.05) is 0 Å². The molecule has 150 valence electrons. The molecule has 0 aliphatic heterocycles. The number of carbonyl (C=O) groups is 2. The van der Waals surface area contributed by atoms with E-state index in [0.717, 1.165) is 27.7 Å². The number of aryl methyl sites for hydroxylation is 2. The number of hydrogen-bond acceptors (Lipinski definition) is 5. The molecule has 8 heteroatoms. The van der Waals surface area contributed by atoms with Gasteiger partial charge in [0.1, 0.15) is 0 Å². The van der Waals surface area contributed by atoms with Crippen LogP contribution >= 0.6 is 0 Å². The number of para-hydroxylation sites is 1. The van der Waals surface area contributed by atoms with E-state index in [1.807, 2.05) is 38.1 Å². The molecule has 2 aromatic heterocycles. The second-order valence-electron chi connectivity index (χ2n) is 6.94. The van der Waals surface area contributed by atoms with Gasteiger partial charge in [-0.05, 0) is 37.1 Å². The summed E-state index contributed by atoms with van der Waals surface area (Å²) in [7, 11) is 0. The maximum atomic E-state index is 12.5. The van der Waals surface area contributed by atoms with E-state index in [4.69, 9.17) is 0 Å². The van der Waals surface area contributed by atoms with Gasteiger partial charge in [-0.1, -0.05) is 36.4 Å². The summed E-state index contributed by atoms with van der Waals surface area (Å²) in [4.78, 5) is 41.4. The molecule has 0 unspecified atom stereocenters. The van der Waals surface area contributed by atoms with Crippen molar-refractivity contribution in [3.63, 3.8) is 0 Å². The van der Waals surface area contributed by atoms with E-state index in [1.54, 1.807) is 24.3 Å². The molecule has 0 aliphatic carbocycles. The van der Waals surface area contributed by atoms with Crippen LogP contribution in [0, 0.1) is 13.8 Å². The first kappa shape index (κ1) is 19.3. The van der Waals surface area contributed by atoms with E-state index in [-0.39, 0.29) is 23.6 Å². The number of amides is 2. The molecule has 0 aliphatic rings. The Morgan fingerprint density at radius 1 is 0.933 bits per heavy atom. The van der Waals surface area contributed by atoms with Gasteiger partial charge in [-0.3, -0.25) is 30.2 Å². The summed E-state index contributed by atoms with van der Waals surface area (Å²) in [5.41, 5.74) is 7.84. The smallest absolute Gasteiger partial charge is 0.273 e. The average molecular weight is 401 g/mol. The molecule has 30 heavy (non-hydrogen) atoms. The second kappa shape index (κ2) is 7.75. The molecular formula is C22H19N5O3. The number of nitrogens with one attached hydrogen (secondary N) is 3. The maximum absolute atomic E-state index is 12.5. The van der Waals surface area contributed by atoms with Crippen LogP contribution in [0.25, 0.3) is 21.7 Å². The van der Waals surface area contributed by atoms with Gasteiger partial charge in [0.15, 0.2) is 5.69 Å². The summed E-state index contributed by atoms with van der Waals surface area (Å²) in [6, 6.07) is 14.4. The van der Waals surface area contributed by atoms with Gasteiger partial charge in [0.2, 0.25) is 5.91 Å². The Labute approximate surface area is 171 Å². The van der Waals surface area contributed by atoms with Gasteiger partial charge in [0.05, 0.1) is 17.3 Å². The lowest BCUT2D eigenvalue weighted by atomic mass is 9.99. The van der Waals surface area contributed by atoms with Crippen LogP contribution in [-0.2, 0) is 11.2 Å². The number of nitrogens with zero attached hydrogens (tertiary/aromatic N) is 2. The van der Waals surface area contributed by atoms with E-state index in [9.17, 15) is 14.4 Å². The van der Waals surface area contributed by atoms with Crippen LogP contribution in [0.3, 0.4) is 0 Å². The number of aromatic nitrogens is 3. The minimum atomic E-state index is -0.624. The normalized spacial score (nSPS) is 10.9. The molecule has 0 saturated carbocycles. The van der Waals surface area contributed by atoms with E-state index in [1.165, 1.54) is 0 Å². The third-order valence-corrected chi connectivity index (χ3v) is 5.05. The highest BCUT2D eigenvalue weighted by molar-refractivity contribution is 6.05. The molecular weight excluding hydrogens is 382 g/mol. The van der Waals surface area contributed by atoms with Crippen molar-refractivity contribution >= 4 is 33.5 Å². The Hall–Kier alpha value is -4.07. The number of fused-ring (bicyclic) bond motifs is 2. The van der Waals surface area contributed by atoms with Crippen molar-refractivity contribution in [3.05, 3.63) is 81.4 Å². The van der Waals surface area contributed by atoms with E-state index >= 15 is 0 Å². The topological polar surface area (TPSA) is 117 Å². The first-order chi connectivity index (χ1) is 14.5. The zero-order chi connectivity index (χ0) is 21.3. The molecule has 0 saturated heterocycles. The molecule has 8 nitrogen and oxygen atoms in total. The Morgan fingerprint density at radius 2 is 1.60 bits per heavy atom. The van der Waals surface area contributed by atoms with Crippen molar-refractivity contribution in [2.45, 2.75) is 20.3 Å². The molecule has 2 heterocycles. The Morgan fingerprint density at radius 3 is 2.37 bits per heavy atom. The van der Waals surface area contributed by atoms with Crippen molar-refractivity contribution in [1.82, 2.24) is 26.0 Å². The number of hydrazine groups is 1. The Balaban J connectivity index is 1.51. The third-order valence-electron chi connectivity index (χ3n) is 5.05. The van der Waals surface area contributed by atoms with E-state index in [2.05, 4.69) is 26.0 Å². The number of H-pyrrole nitrogens is 1. The highest BCUT2D eigenvalue weighted by Gasteiger charge is 2.16. The second-order valence-corrected chi connectivity index (χ2v) is 6.94. The van der Waals surface area contributed by atoms with Crippen molar-refractivity contribution in [3.8, 4) is 0 Å². The fraction of sp³-hybridized carbons (Fsp3) is 0.136. The highest BCUT2D eigenvalue weighted by atomic mass is 16.2. The quantitative estimate of drug-likeness (QED) is 0.455. The molecule has 0 radical (unpaired) electrons. The Kier molecular flexibility index (Phi) is 4.97. The Bertz CT molecular complexity index is 1360. The van der Waals surface area contributed by atoms with Crippen LogP contribution in [0.2, 0.25) is 0 Å². The number of pyridine rings is 1. The zero-order valence-electron chi connectivity index (χ0n) is 16.4. The summed E-state index contributed by atoms with van der Waals surface area (Å²) < 4.78 is 0. The predicted octanol–water partition coefficient (Wildman–Crippen LogP) is 2.09. The first-order valence-electron chi connectivity index (χ1n) is 9.37. The molecule has 2 amide bonds. The highest BCUT2D eigenvalue weighted by Crippen LogP contribution is 2.22. The molecule has 4 aromatic rings. The van der Waals surface area contributed by atoms with Gasteiger partial charge in [-0.2, -0.15) is 5.10 Å². The molecule has 0 spiro atoms. The lowest BCUT2D eigenvalue weighted by Gasteiger charge is -2.13. The summed E-state index contributed by atoms with van der Waals surface area (Å²) in [6.45, 7) is 3.81. The van der Waals surface area contributed by atoms with Crippen molar-refractivity contribution in [1.29, 1.82) is 0 Å². The largest absolute Gasteiger partial charge is 0.290 e. The van der Waals surface area contributed by atoms with Crippen LogP contribution in [0.4, 0.5) is 0 Å². The van der Waals surface area contributed by atoms with Gasteiger partial charge in [0.25, 0.3) is 11.5 Å².